The zero-order valence-corrected chi connectivity index (χ0v) is 9.11. The molecule has 0 fully saturated rings. The van der Waals surface area contributed by atoms with Crippen molar-refractivity contribution in [3.63, 3.8) is 0 Å². The molecular formula is C14H14N2. The van der Waals surface area contributed by atoms with Crippen molar-refractivity contribution in [2.45, 2.75) is 6.42 Å². The van der Waals surface area contributed by atoms with Crippen LogP contribution < -0.4 is 5.32 Å². The summed E-state index contributed by atoms with van der Waals surface area (Å²) in [7, 11) is 0. The average Bonchev–Trinajstić information content (AvgIpc) is 2.39. The number of nitrogens with one attached hydrogen (secondary N) is 1. The van der Waals surface area contributed by atoms with Gasteiger partial charge in [0.15, 0.2) is 0 Å². The molecule has 1 aliphatic heterocycles. The van der Waals surface area contributed by atoms with E-state index < -0.39 is 0 Å². The molecule has 3 rings (SSSR count). The Hall–Kier alpha value is -1.67. The number of pyridine rings is 1. The number of nitrogens with zero attached hydrogens (tertiary/aromatic N) is 1. The first-order valence-corrected chi connectivity index (χ1v) is 5.68. The number of hydrogen-bond donors (Lipinski definition) is 1. The maximum Gasteiger partial charge on any atom is 0.0702 e. The maximum atomic E-state index is 4.34. The Morgan fingerprint density at radius 3 is 3.06 bits per heavy atom. The summed E-state index contributed by atoms with van der Waals surface area (Å²) in [6.45, 7) is 2.07. The van der Waals surface area contributed by atoms with Gasteiger partial charge in [-0.1, -0.05) is 18.2 Å². The van der Waals surface area contributed by atoms with Crippen molar-refractivity contribution in [2.24, 2.45) is 0 Å². The summed E-state index contributed by atoms with van der Waals surface area (Å²) in [5.74, 6) is 0. The van der Waals surface area contributed by atoms with Gasteiger partial charge in [-0.3, -0.25) is 4.98 Å². The van der Waals surface area contributed by atoms with Gasteiger partial charge >= 0.3 is 0 Å². The van der Waals surface area contributed by atoms with Gasteiger partial charge in [0.25, 0.3) is 0 Å². The van der Waals surface area contributed by atoms with E-state index in [1.807, 2.05) is 12.3 Å². The van der Waals surface area contributed by atoms with Crippen molar-refractivity contribution in [2.75, 3.05) is 13.1 Å². The zero-order valence-electron chi connectivity index (χ0n) is 9.11. The largest absolute Gasteiger partial charge is 0.313 e. The molecular weight excluding hydrogens is 196 g/mol. The Balaban J connectivity index is 2.07. The van der Waals surface area contributed by atoms with Crippen molar-refractivity contribution in [3.05, 3.63) is 48.2 Å². The van der Waals surface area contributed by atoms with Crippen LogP contribution in [0.3, 0.4) is 0 Å². The van der Waals surface area contributed by atoms with Gasteiger partial charge in [0.05, 0.1) is 5.52 Å². The van der Waals surface area contributed by atoms with Crippen molar-refractivity contribution in [1.82, 2.24) is 10.3 Å². The normalized spacial score (nSPS) is 16.1. The number of rotatable bonds is 1. The molecule has 0 saturated heterocycles. The number of fused-ring (bicyclic) bond motifs is 1. The highest BCUT2D eigenvalue weighted by Crippen LogP contribution is 2.23. The van der Waals surface area contributed by atoms with Gasteiger partial charge in [0, 0.05) is 18.1 Å². The topological polar surface area (TPSA) is 24.9 Å². The van der Waals surface area contributed by atoms with Crippen LogP contribution >= 0.6 is 0 Å². The fourth-order valence-corrected chi connectivity index (χ4v) is 2.16. The summed E-state index contributed by atoms with van der Waals surface area (Å²) in [5, 5.41) is 4.55. The van der Waals surface area contributed by atoms with Crippen LogP contribution in [0.4, 0.5) is 0 Å². The molecule has 0 radical (unpaired) electrons. The Labute approximate surface area is 95.0 Å². The van der Waals surface area contributed by atoms with Crippen LogP contribution in [0.5, 0.6) is 0 Å². The van der Waals surface area contributed by atoms with E-state index in [1.54, 1.807) is 0 Å². The lowest BCUT2D eigenvalue weighted by molar-refractivity contribution is 0.739. The van der Waals surface area contributed by atoms with Gasteiger partial charge < -0.3 is 5.32 Å². The molecule has 0 spiro atoms. The van der Waals surface area contributed by atoms with E-state index in [0.717, 1.165) is 25.0 Å². The molecule has 1 N–H and O–H groups in total. The monoisotopic (exact) mass is 210 g/mol. The highest BCUT2D eigenvalue weighted by Gasteiger charge is 2.06. The van der Waals surface area contributed by atoms with Crippen LogP contribution in [0.25, 0.3) is 16.5 Å². The Morgan fingerprint density at radius 2 is 2.19 bits per heavy atom. The molecule has 1 aliphatic rings. The van der Waals surface area contributed by atoms with E-state index in [1.165, 1.54) is 16.5 Å². The quantitative estimate of drug-likeness (QED) is 0.782. The molecule has 0 atom stereocenters. The maximum absolute atomic E-state index is 4.34. The zero-order chi connectivity index (χ0) is 10.8. The first kappa shape index (κ1) is 9.55. The lowest BCUT2D eigenvalue weighted by Gasteiger charge is -2.14. The van der Waals surface area contributed by atoms with Gasteiger partial charge in [-0.15, -0.1) is 0 Å². The fraction of sp³-hybridized carbons (Fsp3) is 0.214. The highest BCUT2D eigenvalue weighted by atomic mass is 14.8. The molecule has 0 aliphatic carbocycles. The molecule has 0 amide bonds. The first-order valence-electron chi connectivity index (χ1n) is 5.68. The van der Waals surface area contributed by atoms with Crippen molar-refractivity contribution < 1.29 is 0 Å². The minimum Gasteiger partial charge on any atom is -0.313 e. The summed E-state index contributed by atoms with van der Waals surface area (Å²) in [4.78, 5) is 4.34. The average molecular weight is 210 g/mol. The number of aromatic nitrogens is 1. The van der Waals surface area contributed by atoms with Gasteiger partial charge in [-0.05, 0) is 42.3 Å². The SMILES string of the molecule is C1=C(c2ccc3ncccc3c2)CCNC1. The summed E-state index contributed by atoms with van der Waals surface area (Å²) in [5.41, 5.74) is 3.85. The van der Waals surface area contributed by atoms with Gasteiger partial charge in [-0.25, -0.2) is 0 Å². The van der Waals surface area contributed by atoms with Gasteiger partial charge in [0.2, 0.25) is 0 Å². The standard InChI is InChI=1S/C14H14N2/c1-2-13-10-12(3-4-14(13)16-7-1)11-5-8-15-9-6-11/h1-5,7,10,15H,6,8-9H2. The Kier molecular flexibility index (Phi) is 2.43. The summed E-state index contributed by atoms with van der Waals surface area (Å²) in [6, 6.07) is 10.6. The molecule has 0 unspecified atom stereocenters. The van der Waals surface area contributed by atoms with E-state index in [-0.39, 0.29) is 0 Å². The third kappa shape index (κ3) is 1.72. The molecule has 2 heterocycles. The van der Waals surface area contributed by atoms with Crippen LogP contribution in [-0.4, -0.2) is 18.1 Å². The third-order valence-electron chi connectivity index (χ3n) is 3.04. The van der Waals surface area contributed by atoms with Crippen LogP contribution in [0.15, 0.2) is 42.6 Å². The molecule has 2 heteroatoms. The minimum atomic E-state index is 0.987. The first-order chi connectivity index (χ1) is 7.93. The minimum absolute atomic E-state index is 0.987. The summed E-state index contributed by atoms with van der Waals surface area (Å²) in [6.07, 6.45) is 5.23. The van der Waals surface area contributed by atoms with E-state index >= 15 is 0 Å². The van der Waals surface area contributed by atoms with Crippen molar-refractivity contribution >= 4 is 16.5 Å². The van der Waals surface area contributed by atoms with Crippen LogP contribution in [0, 0.1) is 0 Å². The lowest BCUT2D eigenvalue weighted by atomic mass is 9.99. The highest BCUT2D eigenvalue weighted by molar-refractivity contribution is 5.83. The van der Waals surface area contributed by atoms with Crippen LogP contribution in [0.2, 0.25) is 0 Å². The van der Waals surface area contributed by atoms with E-state index in [9.17, 15) is 0 Å². The molecule has 2 aromatic rings. The number of hydrogen-bond acceptors (Lipinski definition) is 2. The molecule has 16 heavy (non-hydrogen) atoms. The van der Waals surface area contributed by atoms with E-state index in [2.05, 4.69) is 40.6 Å². The van der Waals surface area contributed by atoms with E-state index in [4.69, 9.17) is 0 Å². The van der Waals surface area contributed by atoms with Gasteiger partial charge in [-0.2, -0.15) is 0 Å². The second-order valence-electron chi connectivity index (χ2n) is 4.09. The smallest absolute Gasteiger partial charge is 0.0702 e. The summed E-state index contributed by atoms with van der Waals surface area (Å²) >= 11 is 0. The van der Waals surface area contributed by atoms with Crippen molar-refractivity contribution in [1.29, 1.82) is 0 Å². The molecule has 0 saturated carbocycles. The molecule has 0 bridgehead atoms. The predicted molar refractivity (Wildman–Crippen MR) is 67.2 cm³/mol. The van der Waals surface area contributed by atoms with Crippen molar-refractivity contribution in [3.8, 4) is 0 Å². The molecule has 2 nitrogen and oxygen atoms in total. The van der Waals surface area contributed by atoms with Crippen LogP contribution in [0.1, 0.15) is 12.0 Å². The lowest BCUT2D eigenvalue weighted by Crippen LogP contribution is -2.19. The molecule has 1 aromatic heterocycles. The molecule has 80 valence electrons. The third-order valence-corrected chi connectivity index (χ3v) is 3.04. The Morgan fingerprint density at radius 1 is 1.19 bits per heavy atom. The van der Waals surface area contributed by atoms with E-state index in [0.29, 0.717) is 0 Å². The Bertz CT molecular complexity index is 543. The second kappa shape index (κ2) is 4.06. The second-order valence-corrected chi connectivity index (χ2v) is 4.09. The number of benzene rings is 1. The van der Waals surface area contributed by atoms with Crippen LogP contribution in [-0.2, 0) is 0 Å². The summed E-state index contributed by atoms with van der Waals surface area (Å²) < 4.78 is 0. The predicted octanol–water partition coefficient (Wildman–Crippen LogP) is 2.61. The fourth-order valence-electron chi connectivity index (χ4n) is 2.16. The molecule has 1 aromatic carbocycles. The van der Waals surface area contributed by atoms with Gasteiger partial charge in [0.1, 0.15) is 0 Å².